The highest BCUT2D eigenvalue weighted by Gasteiger charge is 2.26. The van der Waals surface area contributed by atoms with Crippen molar-refractivity contribution in [3.63, 3.8) is 0 Å². The fraction of sp³-hybridized carbons (Fsp3) is 0.143. The normalized spacial score (nSPS) is 12.9. The molecule has 2 aromatic carbocycles. The van der Waals surface area contributed by atoms with Crippen LogP contribution in [0.5, 0.6) is 0 Å². The molecule has 0 fully saturated rings. The average molecular weight is 426 g/mol. The summed E-state index contributed by atoms with van der Waals surface area (Å²) in [6.07, 6.45) is 3.04. The van der Waals surface area contributed by atoms with E-state index in [1.165, 1.54) is 24.5 Å². The van der Waals surface area contributed by atoms with Gasteiger partial charge in [-0.15, -0.1) is 0 Å². The van der Waals surface area contributed by atoms with Gasteiger partial charge < -0.3 is 14.6 Å². The van der Waals surface area contributed by atoms with Crippen LogP contribution in [0.25, 0.3) is 0 Å². The smallest absolute Gasteiger partial charge is 0.293 e. The molecule has 2 heterocycles. The maximum atomic E-state index is 12.8. The van der Waals surface area contributed by atoms with E-state index in [-0.39, 0.29) is 27.9 Å². The van der Waals surface area contributed by atoms with Crippen LogP contribution >= 0.6 is 11.6 Å². The number of anilines is 2. The van der Waals surface area contributed by atoms with E-state index in [1.807, 2.05) is 6.07 Å². The molecule has 8 nitrogen and oxygen atoms in total. The topological polar surface area (TPSA) is 106 Å². The van der Waals surface area contributed by atoms with Crippen molar-refractivity contribution in [2.24, 2.45) is 0 Å². The fourth-order valence-electron chi connectivity index (χ4n) is 3.44. The van der Waals surface area contributed by atoms with Crippen LogP contribution in [0.1, 0.15) is 32.9 Å². The Morgan fingerprint density at radius 2 is 2.00 bits per heavy atom. The Morgan fingerprint density at radius 1 is 1.17 bits per heavy atom. The van der Waals surface area contributed by atoms with Gasteiger partial charge in [0, 0.05) is 29.0 Å². The van der Waals surface area contributed by atoms with E-state index in [0.717, 1.165) is 18.4 Å². The van der Waals surface area contributed by atoms with E-state index in [2.05, 4.69) is 5.32 Å². The predicted molar refractivity (Wildman–Crippen MR) is 111 cm³/mol. The van der Waals surface area contributed by atoms with Crippen LogP contribution in [-0.2, 0) is 6.42 Å². The molecule has 0 spiro atoms. The summed E-state index contributed by atoms with van der Waals surface area (Å²) in [5.41, 5.74) is 1.55. The lowest BCUT2D eigenvalue weighted by Crippen LogP contribution is -2.35. The van der Waals surface area contributed by atoms with Crippen LogP contribution in [0, 0.1) is 10.1 Å². The number of nitro benzene ring substituents is 1. The Balaban J connectivity index is 1.64. The first-order chi connectivity index (χ1) is 14.4. The first-order valence-electron chi connectivity index (χ1n) is 9.17. The minimum absolute atomic E-state index is 0.145. The van der Waals surface area contributed by atoms with Gasteiger partial charge in [0.1, 0.15) is 5.56 Å². The molecule has 1 N–H and O–H groups in total. The zero-order valence-corrected chi connectivity index (χ0v) is 16.4. The van der Waals surface area contributed by atoms with Crippen molar-refractivity contribution >= 4 is 40.5 Å². The van der Waals surface area contributed by atoms with E-state index in [0.29, 0.717) is 17.9 Å². The molecule has 0 saturated heterocycles. The first-order valence-corrected chi connectivity index (χ1v) is 9.55. The van der Waals surface area contributed by atoms with Gasteiger partial charge >= 0.3 is 0 Å². The molecule has 9 heteroatoms. The number of benzene rings is 2. The molecule has 30 heavy (non-hydrogen) atoms. The molecule has 0 unspecified atom stereocenters. The lowest BCUT2D eigenvalue weighted by Gasteiger charge is -2.29. The van der Waals surface area contributed by atoms with Crippen molar-refractivity contribution < 1.29 is 18.9 Å². The second-order valence-corrected chi connectivity index (χ2v) is 7.19. The van der Waals surface area contributed by atoms with E-state index < -0.39 is 10.8 Å². The Kier molecular flexibility index (Phi) is 5.24. The number of carbonyl (C=O) groups excluding carboxylic acids is 2. The van der Waals surface area contributed by atoms with E-state index in [1.54, 1.807) is 29.2 Å². The molecule has 1 aliphatic heterocycles. The van der Waals surface area contributed by atoms with Crippen molar-refractivity contribution in [1.29, 1.82) is 0 Å². The number of hydrogen-bond donors (Lipinski definition) is 1. The van der Waals surface area contributed by atoms with Gasteiger partial charge in [-0.2, -0.15) is 0 Å². The van der Waals surface area contributed by atoms with Crippen molar-refractivity contribution in [2.45, 2.75) is 12.8 Å². The van der Waals surface area contributed by atoms with Crippen molar-refractivity contribution in [2.75, 3.05) is 16.8 Å². The van der Waals surface area contributed by atoms with Crippen molar-refractivity contribution in [1.82, 2.24) is 0 Å². The second kappa shape index (κ2) is 8.00. The number of nitrogens with zero attached hydrogens (tertiary/aromatic N) is 2. The number of halogens is 1. The fourth-order valence-corrected chi connectivity index (χ4v) is 3.62. The Morgan fingerprint density at radius 3 is 2.73 bits per heavy atom. The van der Waals surface area contributed by atoms with Gasteiger partial charge in [-0.25, -0.2) is 0 Å². The van der Waals surface area contributed by atoms with Crippen LogP contribution in [0.4, 0.5) is 17.1 Å². The predicted octanol–water partition coefficient (Wildman–Crippen LogP) is 4.69. The number of rotatable bonds is 4. The molecule has 3 aromatic rings. The summed E-state index contributed by atoms with van der Waals surface area (Å²) in [5, 5.41) is 14.1. The number of hydrogen-bond acceptors (Lipinski definition) is 5. The zero-order valence-electron chi connectivity index (χ0n) is 15.6. The summed E-state index contributed by atoms with van der Waals surface area (Å²) >= 11 is 5.91. The summed E-state index contributed by atoms with van der Waals surface area (Å²) in [6.45, 7) is 0.518. The van der Waals surface area contributed by atoms with Crippen molar-refractivity contribution in [3.8, 4) is 0 Å². The minimum atomic E-state index is -0.663. The summed E-state index contributed by atoms with van der Waals surface area (Å²) < 4.78 is 5.23. The third-order valence-electron chi connectivity index (χ3n) is 4.84. The summed E-state index contributed by atoms with van der Waals surface area (Å²) in [7, 11) is 0. The third-order valence-corrected chi connectivity index (χ3v) is 5.07. The molecule has 4 rings (SSSR count). The summed E-state index contributed by atoms with van der Waals surface area (Å²) in [6, 6.07) is 12.3. The van der Waals surface area contributed by atoms with Crippen LogP contribution in [0.2, 0.25) is 5.02 Å². The first kappa shape index (κ1) is 19.7. The Bertz CT molecular complexity index is 1140. The maximum Gasteiger partial charge on any atom is 0.293 e. The molecule has 1 aromatic heterocycles. The van der Waals surface area contributed by atoms with Gasteiger partial charge in [0.05, 0.1) is 11.2 Å². The van der Waals surface area contributed by atoms with E-state index in [4.69, 9.17) is 16.0 Å². The largest absolute Gasteiger partial charge is 0.459 e. The van der Waals surface area contributed by atoms with Crippen LogP contribution in [-0.4, -0.2) is 23.3 Å². The number of nitrogens with one attached hydrogen (secondary N) is 1. The SMILES string of the molecule is O=C(Nc1ccc2c(c1)N(C(=O)c1ccco1)CCC2)c1cc(Cl)ccc1[N+](=O)[O-]. The molecule has 0 aliphatic carbocycles. The number of carbonyl (C=O) groups is 2. The molecule has 0 atom stereocenters. The molecule has 0 bridgehead atoms. The van der Waals surface area contributed by atoms with E-state index >= 15 is 0 Å². The van der Waals surface area contributed by atoms with Crippen LogP contribution in [0.15, 0.2) is 59.2 Å². The summed E-state index contributed by atoms with van der Waals surface area (Å²) in [5.74, 6) is -0.703. The lowest BCUT2D eigenvalue weighted by molar-refractivity contribution is -0.385. The number of fused-ring (bicyclic) bond motifs is 1. The maximum absolute atomic E-state index is 12.8. The van der Waals surface area contributed by atoms with Gasteiger partial charge in [-0.3, -0.25) is 19.7 Å². The monoisotopic (exact) mass is 425 g/mol. The van der Waals surface area contributed by atoms with Gasteiger partial charge in [0.2, 0.25) is 0 Å². The third kappa shape index (κ3) is 3.77. The molecule has 2 amide bonds. The van der Waals surface area contributed by atoms with Gasteiger partial charge in [-0.1, -0.05) is 17.7 Å². The average Bonchev–Trinajstić information content (AvgIpc) is 3.27. The van der Waals surface area contributed by atoms with Crippen molar-refractivity contribution in [3.05, 3.63) is 86.8 Å². The van der Waals surface area contributed by atoms with Crippen LogP contribution < -0.4 is 10.2 Å². The zero-order chi connectivity index (χ0) is 21.3. The quantitative estimate of drug-likeness (QED) is 0.482. The summed E-state index contributed by atoms with van der Waals surface area (Å²) in [4.78, 5) is 37.7. The van der Waals surface area contributed by atoms with Gasteiger partial charge in [-0.05, 0) is 54.8 Å². The highest BCUT2D eigenvalue weighted by Crippen LogP contribution is 2.32. The van der Waals surface area contributed by atoms with E-state index in [9.17, 15) is 19.7 Å². The highest BCUT2D eigenvalue weighted by atomic mass is 35.5. The molecule has 152 valence electrons. The van der Waals surface area contributed by atoms with Gasteiger partial charge in [0.25, 0.3) is 17.5 Å². The number of nitro groups is 1. The number of amides is 2. The second-order valence-electron chi connectivity index (χ2n) is 6.75. The Labute approximate surface area is 176 Å². The molecule has 0 saturated carbocycles. The molecular weight excluding hydrogens is 410 g/mol. The Hall–Kier alpha value is -3.65. The molecule has 0 radical (unpaired) electrons. The number of aryl methyl sites for hydroxylation is 1. The standard InChI is InChI=1S/C21H16ClN3O5/c22-14-6-8-17(25(28)29)16(11-14)20(26)23-15-7-5-13-3-1-9-24(18(13)12-15)21(27)19-4-2-10-30-19/h2,4-8,10-12H,1,3,9H2,(H,23,26). The number of furan rings is 1. The minimum Gasteiger partial charge on any atom is -0.459 e. The molecular formula is C21H16ClN3O5. The van der Waals surface area contributed by atoms with Crippen LogP contribution in [0.3, 0.4) is 0 Å². The highest BCUT2D eigenvalue weighted by molar-refractivity contribution is 6.31. The lowest BCUT2D eigenvalue weighted by atomic mass is 10.0. The van der Waals surface area contributed by atoms with Gasteiger partial charge in [0.15, 0.2) is 5.76 Å². The molecule has 1 aliphatic rings.